The number of nitrogens with zero attached hydrogens (tertiary/aromatic N) is 3. The fraction of sp³-hybridized carbons (Fsp3) is 0.333. The molecule has 0 aliphatic rings. The minimum atomic E-state index is 0.465. The van der Waals surface area contributed by atoms with Crippen LogP contribution in [-0.4, -0.2) is 21.9 Å². The average Bonchev–Trinajstić information content (AvgIpc) is 2.69. The summed E-state index contributed by atoms with van der Waals surface area (Å²) in [7, 11) is 2.01. The molecule has 6 heteroatoms. The maximum Gasteiger partial charge on any atom is 0.129 e. The van der Waals surface area contributed by atoms with E-state index in [2.05, 4.69) is 20.2 Å². The number of hydrogen-bond donors (Lipinski definition) is 0. The highest BCUT2D eigenvalue weighted by Gasteiger charge is 2.09. The highest BCUT2D eigenvalue weighted by molar-refractivity contribution is 7.09. The Morgan fingerprint density at radius 2 is 2.00 bits per heavy atom. The van der Waals surface area contributed by atoms with E-state index in [4.69, 9.17) is 23.2 Å². The third-order valence-electron chi connectivity index (χ3n) is 2.40. The molecule has 0 N–H and O–H groups in total. The van der Waals surface area contributed by atoms with Crippen LogP contribution in [0.15, 0.2) is 17.5 Å². The molecule has 18 heavy (non-hydrogen) atoms. The van der Waals surface area contributed by atoms with Crippen LogP contribution in [-0.2, 0) is 13.1 Å². The van der Waals surface area contributed by atoms with Gasteiger partial charge in [0, 0.05) is 18.5 Å². The van der Waals surface area contributed by atoms with Gasteiger partial charge < -0.3 is 0 Å². The maximum atomic E-state index is 6.09. The van der Waals surface area contributed by atoms with Crippen LogP contribution in [0.4, 0.5) is 0 Å². The Labute approximate surface area is 120 Å². The molecule has 0 spiro atoms. The van der Waals surface area contributed by atoms with Gasteiger partial charge in [-0.15, -0.1) is 11.3 Å². The molecule has 0 unspecified atom stereocenters. The Balaban J connectivity index is 2.02. The molecule has 0 aliphatic carbocycles. The van der Waals surface area contributed by atoms with Crippen LogP contribution in [0.3, 0.4) is 0 Å². The molecule has 2 rings (SSSR count). The van der Waals surface area contributed by atoms with Gasteiger partial charge in [0.25, 0.3) is 0 Å². The number of aromatic nitrogens is 2. The third-order valence-corrected chi connectivity index (χ3v) is 3.78. The zero-order chi connectivity index (χ0) is 13.1. The van der Waals surface area contributed by atoms with Gasteiger partial charge in [0.05, 0.1) is 21.4 Å². The molecule has 0 aromatic carbocycles. The second-order valence-electron chi connectivity index (χ2n) is 4.09. The molecule has 96 valence electrons. The van der Waals surface area contributed by atoms with E-state index in [1.54, 1.807) is 23.5 Å². The molecule has 0 bridgehead atoms. The lowest BCUT2D eigenvalue weighted by molar-refractivity contribution is 0.312. The van der Waals surface area contributed by atoms with Crippen molar-refractivity contribution in [3.8, 4) is 0 Å². The van der Waals surface area contributed by atoms with Gasteiger partial charge in [0.2, 0.25) is 0 Å². The molecule has 0 aliphatic heterocycles. The maximum absolute atomic E-state index is 6.09. The van der Waals surface area contributed by atoms with E-state index in [0.717, 1.165) is 22.9 Å². The van der Waals surface area contributed by atoms with Crippen molar-refractivity contribution in [3.63, 3.8) is 0 Å². The molecule has 2 aromatic heterocycles. The minimum absolute atomic E-state index is 0.465. The van der Waals surface area contributed by atoms with Gasteiger partial charge in [-0.25, -0.2) is 9.97 Å². The summed E-state index contributed by atoms with van der Waals surface area (Å²) in [5, 5.41) is 4.25. The summed E-state index contributed by atoms with van der Waals surface area (Å²) < 4.78 is 0. The van der Waals surface area contributed by atoms with Crippen molar-refractivity contribution in [2.45, 2.75) is 20.0 Å². The molecule has 0 amide bonds. The molecular formula is C12H13Cl2N3S. The van der Waals surface area contributed by atoms with Crippen LogP contribution in [0.2, 0.25) is 10.2 Å². The number of aryl methyl sites for hydroxylation is 1. The summed E-state index contributed by atoms with van der Waals surface area (Å²) >= 11 is 13.6. The Morgan fingerprint density at radius 3 is 2.67 bits per heavy atom. The average molecular weight is 302 g/mol. The standard InChI is InChI=1S/C12H13Cl2N3S/c1-8-15-9(7-18-8)5-17(2)6-11-10(13)3-4-12(14)16-11/h3-4,7H,5-6H2,1-2H3. The predicted molar refractivity (Wildman–Crippen MR) is 76.3 cm³/mol. The number of pyridine rings is 1. The Kier molecular flexibility index (Phi) is 4.56. The molecule has 0 atom stereocenters. The Bertz CT molecular complexity index is 542. The van der Waals surface area contributed by atoms with Crippen LogP contribution in [0, 0.1) is 6.92 Å². The van der Waals surface area contributed by atoms with Crippen molar-refractivity contribution >= 4 is 34.5 Å². The summed E-state index contributed by atoms with van der Waals surface area (Å²) in [4.78, 5) is 10.8. The Morgan fingerprint density at radius 1 is 1.22 bits per heavy atom. The molecule has 0 fully saturated rings. The first-order valence-corrected chi connectivity index (χ1v) is 7.08. The van der Waals surface area contributed by atoms with E-state index in [9.17, 15) is 0 Å². The van der Waals surface area contributed by atoms with Gasteiger partial charge in [-0.3, -0.25) is 4.90 Å². The van der Waals surface area contributed by atoms with Gasteiger partial charge in [-0.1, -0.05) is 23.2 Å². The molecule has 2 heterocycles. The smallest absolute Gasteiger partial charge is 0.129 e. The summed E-state index contributed by atoms with van der Waals surface area (Å²) in [6.45, 7) is 3.42. The third kappa shape index (κ3) is 3.65. The lowest BCUT2D eigenvalue weighted by Crippen LogP contribution is -2.18. The quantitative estimate of drug-likeness (QED) is 0.805. The zero-order valence-corrected chi connectivity index (χ0v) is 12.5. The highest BCUT2D eigenvalue weighted by atomic mass is 35.5. The normalized spacial score (nSPS) is 11.2. The van der Waals surface area contributed by atoms with Crippen molar-refractivity contribution in [2.24, 2.45) is 0 Å². The first kappa shape index (κ1) is 13.7. The van der Waals surface area contributed by atoms with Crippen molar-refractivity contribution in [3.05, 3.63) is 44.1 Å². The zero-order valence-electron chi connectivity index (χ0n) is 10.2. The fourth-order valence-electron chi connectivity index (χ4n) is 1.64. The fourth-order valence-corrected chi connectivity index (χ4v) is 2.57. The summed E-state index contributed by atoms with van der Waals surface area (Å²) in [6, 6.07) is 3.46. The largest absolute Gasteiger partial charge is 0.295 e. The van der Waals surface area contributed by atoms with Crippen LogP contribution in [0.5, 0.6) is 0 Å². The van der Waals surface area contributed by atoms with Crippen molar-refractivity contribution in [1.82, 2.24) is 14.9 Å². The van der Waals surface area contributed by atoms with Crippen molar-refractivity contribution in [2.75, 3.05) is 7.05 Å². The summed E-state index contributed by atoms with van der Waals surface area (Å²) in [5.74, 6) is 0. The van der Waals surface area contributed by atoms with Crippen molar-refractivity contribution in [1.29, 1.82) is 0 Å². The van der Waals surface area contributed by atoms with E-state index in [0.29, 0.717) is 16.7 Å². The molecular weight excluding hydrogens is 289 g/mol. The van der Waals surface area contributed by atoms with Gasteiger partial charge in [0.1, 0.15) is 5.15 Å². The van der Waals surface area contributed by atoms with E-state index < -0.39 is 0 Å². The Hall–Kier alpha value is -0.680. The lowest BCUT2D eigenvalue weighted by Gasteiger charge is -2.15. The molecule has 3 nitrogen and oxygen atoms in total. The number of thiazole rings is 1. The van der Waals surface area contributed by atoms with E-state index >= 15 is 0 Å². The number of rotatable bonds is 4. The minimum Gasteiger partial charge on any atom is -0.295 e. The van der Waals surface area contributed by atoms with Crippen LogP contribution in [0.25, 0.3) is 0 Å². The van der Waals surface area contributed by atoms with Crippen LogP contribution >= 0.6 is 34.5 Å². The van der Waals surface area contributed by atoms with Gasteiger partial charge in [-0.05, 0) is 26.1 Å². The van der Waals surface area contributed by atoms with E-state index in [-0.39, 0.29) is 0 Å². The van der Waals surface area contributed by atoms with Crippen LogP contribution < -0.4 is 0 Å². The molecule has 0 radical (unpaired) electrons. The second-order valence-corrected chi connectivity index (χ2v) is 5.95. The monoisotopic (exact) mass is 301 g/mol. The summed E-state index contributed by atoms with van der Waals surface area (Å²) in [6.07, 6.45) is 0. The lowest BCUT2D eigenvalue weighted by atomic mass is 10.3. The van der Waals surface area contributed by atoms with Gasteiger partial charge in [0.15, 0.2) is 0 Å². The first-order valence-electron chi connectivity index (χ1n) is 5.45. The summed E-state index contributed by atoms with van der Waals surface area (Å²) in [5.41, 5.74) is 1.86. The molecule has 0 saturated heterocycles. The second kappa shape index (κ2) is 5.97. The topological polar surface area (TPSA) is 29.0 Å². The molecule has 0 saturated carbocycles. The van der Waals surface area contributed by atoms with Crippen LogP contribution in [0.1, 0.15) is 16.4 Å². The van der Waals surface area contributed by atoms with E-state index in [1.165, 1.54) is 0 Å². The van der Waals surface area contributed by atoms with E-state index in [1.807, 2.05) is 14.0 Å². The predicted octanol–water partition coefficient (Wildman–Crippen LogP) is 3.79. The highest BCUT2D eigenvalue weighted by Crippen LogP contribution is 2.19. The number of halogens is 2. The molecule has 2 aromatic rings. The van der Waals surface area contributed by atoms with Crippen molar-refractivity contribution < 1.29 is 0 Å². The SMILES string of the molecule is Cc1nc(CN(C)Cc2nc(Cl)ccc2Cl)cs1. The first-order chi connectivity index (χ1) is 8.54. The van der Waals surface area contributed by atoms with Gasteiger partial charge >= 0.3 is 0 Å². The van der Waals surface area contributed by atoms with Gasteiger partial charge in [-0.2, -0.15) is 0 Å². The number of hydrogen-bond acceptors (Lipinski definition) is 4.